The van der Waals surface area contributed by atoms with Crippen molar-refractivity contribution in [2.24, 2.45) is 0 Å². The molecule has 1 unspecified atom stereocenters. The summed E-state index contributed by atoms with van der Waals surface area (Å²) in [7, 11) is 0. The highest BCUT2D eigenvalue weighted by atomic mass is 19.4. The van der Waals surface area contributed by atoms with Gasteiger partial charge in [-0.25, -0.2) is 0 Å². The fraction of sp³-hybridized carbons (Fsp3) is 0.409. The highest BCUT2D eigenvalue weighted by Gasteiger charge is 2.39. The molecule has 1 amide bonds. The lowest BCUT2D eigenvalue weighted by Gasteiger charge is -2.39. The molecule has 1 fully saturated rings. The molecule has 1 heterocycles. The smallest absolute Gasteiger partial charge is 0.371 e. The van der Waals surface area contributed by atoms with Crippen LogP contribution in [0.5, 0.6) is 0 Å². The zero-order valence-corrected chi connectivity index (χ0v) is 16.6. The van der Waals surface area contributed by atoms with Crippen LogP contribution in [0.15, 0.2) is 48.5 Å². The predicted octanol–water partition coefficient (Wildman–Crippen LogP) is 6.00. The number of benzene rings is 2. The number of carbonyl (C=O) groups is 1. The van der Waals surface area contributed by atoms with Crippen LogP contribution in [0.4, 0.5) is 26.3 Å². The molecule has 9 heteroatoms. The molecule has 168 valence electrons. The average Bonchev–Trinajstić information content (AvgIpc) is 2.71. The van der Waals surface area contributed by atoms with Gasteiger partial charge in [0.25, 0.3) is 0 Å². The van der Waals surface area contributed by atoms with Crippen molar-refractivity contribution in [3.8, 4) is 0 Å². The summed E-state index contributed by atoms with van der Waals surface area (Å²) < 4.78 is 84.6. The number of nitrogens with one attached hydrogen (secondary N) is 1. The number of alkyl halides is 6. The Morgan fingerprint density at radius 1 is 1.00 bits per heavy atom. The van der Waals surface area contributed by atoms with Crippen molar-refractivity contribution in [2.45, 2.75) is 50.2 Å². The maximum absolute atomic E-state index is 13.1. The van der Waals surface area contributed by atoms with Crippen LogP contribution >= 0.6 is 0 Å². The van der Waals surface area contributed by atoms with Gasteiger partial charge < -0.3 is 10.1 Å². The van der Waals surface area contributed by atoms with Crippen LogP contribution in [0.3, 0.4) is 0 Å². The number of piperidine rings is 1. The summed E-state index contributed by atoms with van der Waals surface area (Å²) in [5.74, 6) is -0.190. The van der Waals surface area contributed by atoms with Crippen LogP contribution in [0.1, 0.15) is 54.5 Å². The number of hydrogen-bond acceptors (Lipinski definition) is 2. The molecule has 0 saturated carbocycles. The first kappa shape index (κ1) is 23.1. The lowest BCUT2D eigenvalue weighted by atomic mass is 9.82. The third-order valence-electron chi connectivity index (χ3n) is 5.37. The van der Waals surface area contributed by atoms with E-state index in [0.29, 0.717) is 31.4 Å². The highest BCUT2D eigenvalue weighted by molar-refractivity contribution is 5.78. The first-order chi connectivity index (χ1) is 14.4. The SMILES string of the molecule is CC(OC[C@@]1(c2ccccc2)CCCC(=O)N1)c1cc(C(F)(F)F)cc(C(F)(F)F)c1. The van der Waals surface area contributed by atoms with Crippen LogP contribution in [0.25, 0.3) is 0 Å². The quantitative estimate of drug-likeness (QED) is 0.574. The largest absolute Gasteiger partial charge is 0.416 e. The topological polar surface area (TPSA) is 38.3 Å². The summed E-state index contributed by atoms with van der Waals surface area (Å²) >= 11 is 0. The fourth-order valence-electron chi connectivity index (χ4n) is 3.69. The molecule has 31 heavy (non-hydrogen) atoms. The minimum Gasteiger partial charge on any atom is -0.371 e. The molecule has 1 N–H and O–H groups in total. The van der Waals surface area contributed by atoms with Crippen molar-refractivity contribution >= 4 is 5.91 Å². The average molecular weight is 445 g/mol. The molecule has 1 saturated heterocycles. The molecule has 0 spiro atoms. The molecule has 2 aromatic carbocycles. The minimum absolute atomic E-state index is 0.0863. The van der Waals surface area contributed by atoms with E-state index in [4.69, 9.17) is 4.74 Å². The molecule has 2 atom stereocenters. The van der Waals surface area contributed by atoms with Crippen LogP contribution in [0, 0.1) is 0 Å². The first-order valence-electron chi connectivity index (χ1n) is 9.68. The van der Waals surface area contributed by atoms with Gasteiger partial charge in [-0.2, -0.15) is 26.3 Å². The maximum atomic E-state index is 13.1. The van der Waals surface area contributed by atoms with E-state index in [2.05, 4.69) is 5.32 Å². The highest BCUT2D eigenvalue weighted by Crippen LogP contribution is 2.39. The van der Waals surface area contributed by atoms with Crippen LogP contribution in [0.2, 0.25) is 0 Å². The van der Waals surface area contributed by atoms with Crippen LogP contribution < -0.4 is 5.32 Å². The van der Waals surface area contributed by atoms with Gasteiger partial charge in [0, 0.05) is 6.42 Å². The van der Waals surface area contributed by atoms with Gasteiger partial charge >= 0.3 is 12.4 Å². The molecule has 0 bridgehead atoms. The van der Waals surface area contributed by atoms with Crippen LogP contribution in [-0.2, 0) is 27.4 Å². The Morgan fingerprint density at radius 2 is 1.58 bits per heavy atom. The Kier molecular flexibility index (Phi) is 6.36. The Bertz CT molecular complexity index is 894. The van der Waals surface area contributed by atoms with Crippen molar-refractivity contribution in [1.29, 1.82) is 0 Å². The Labute approximate surface area is 175 Å². The van der Waals surface area contributed by atoms with Crippen molar-refractivity contribution < 1.29 is 35.9 Å². The molecule has 3 rings (SSSR count). The van der Waals surface area contributed by atoms with Gasteiger partial charge in [0.2, 0.25) is 5.91 Å². The fourth-order valence-corrected chi connectivity index (χ4v) is 3.69. The van der Waals surface area contributed by atoms with Crippen molar-refractivity contribution in [3.63, 3.8) is 0 Å². The van der Waals surface area contributed by atoms with E-state index in [0.717, 1.165) is 5.56 Å². The van der Waals surface area contributed by atoms with E-state index in [9.17, 15) is 31.1 Å². The second-order valence-corrected chi connectivity index (χ2v) is 7.64. The third-order valence-corrected chi connectivity index (χ3v) is 5.37. The predicted molar refractivity (Wildman–Crippen MR) is 101 cm³/mol. The second kappa shape index (κ2) is 8.53. The molecular weight excluding hydrogens is 424 g/mol. The monoisotopic (exact) mass is 445 g/mol. The maximum Gasteiger partial charge on any atom is 0.416 e. The molecule has 3 nitrogen and oxygen atoms in total. The van der Waals surface area contributed by atoms with Gasteiger partial charge in [-0.15, -0.1) is 0 Å². The van der Waals surface area contributed by atoms with Gasteiger partial charge in [0.05, 0.1) is 29.4 Å². The zero-order chi connectivity index (χ0) is 22.9. The van der Waals surface area contributed by atoms with E-state index >= 15 is 0 Å². The summed E-state index contributed by atoms with van der Waals surface area (Å²) in [6.07, 6.45) is -9.47. The van der Waals surface area contributed by atoms with E-state index in [1.807, 2.05) is 0 Å². The molecular formula is C22H21F6NO2. The molecule has 1 aliphatic rings. The van der Waals surface area contributed by atoms with Crippen molar-refractivity contribution in [3.05, 3.63) is 70.8 Å². The van der Waals surface area contributed by atoms with E-state index in [1.54, 1.807) is 30.3 Å². The Balaban J connectivity index is 1.89. The summed E-state index contributed by atoms with van der Waals surface area (Å²) in [5, 5.41) is 2.90. The van der Waals surface area contributed by atoms with Crippen molar-refractivity contribution in [2.75, 3.05) is 6.61 Å². The molecule has 0 aliphatic carbocycles. The molecule has 0 aromatic heterocycles. The number of hydrogen-bond donors (Lipinski definition) is 1. The summed E-state index contributed by atoms with van der Waals surface area (Å²) in [5.41, 5.74) is -3.17. The van der Waals surface area contributed by atoms with Gasteiger partial charge in [-0.1, -0.05) is 30.3 Å². The Morgan fingerprint density at radius 3 is 2.10 bits per heavy atom. The van der Waals surface area contributed by atoms with Crippen molar-refractivity contribution in [1.82, 2.24) is 5.32 Å². The van der Waals surface area contributed by atoms with Gasteiger partial charge in [-0.05, 0) is 49.1 Å². The Hall–Kier alpha value is -2.55. The number of halogens is 6. The van der Waals surface area contributed by atoms with Gasteiger partial charge in [0.15, 0.2) is 0 Å². The van der Waals surface area contributed by atoms with E-state index in [1.165, 1.54) is 6.92 Å². The lowest BCUT2D eigenvalue weighted by Crippen LogP contribution is -2.52. The number of ether oxygens (including phenoxy) is 1. The number of rotatable bonds is 5. The van der Waals surface area contributed by atoms with Gasteiger partial charge in [0.1, 0.15) is 0 Å². The second-order valence-electron chi connectivity index (χ2n) is 7.64. The lowest BCUT2D eigenvalue weighted by molar-refractivity contribution is -0.143. The zero-order valence-electron chi connectivity index (χ0n) is 16.6. The van der Waals surface area contributed by atoms with E-state index < -0.39 is 35.1 Å². The number of carbonyl (C=O) groups excluding carboxylic acids is 1. The molecule has 0 radical (unpaired) electrons. The summed E-state index contributed by atoms with van der Waals surface area (Å²) in [6.45, 7) is 1.29. The summed E-state index contributed by atoms with van der Waals surface area (Å²) in [6, 6.07) is 10.4. The minimum atomic E-state index is -4.93. The first-order valence-corrected chi connectivity index (χ1v) is 9.68. The summed E-state index contributed by atoms with van der Waals surface area (Å²) in [4.78, 5) is 12.1. The third kappa shape index (κ3) is 5.39. The number of amides is 1. The van der Waals surface area contributed by atoms with E-state index in [-0.39, 0.29) is 24.1 Å². The standard InChI is InChI=1S/C22H21F6NO2/c1-14(15-10-17(21(23,24)25)12-18(11-15)22(26,27)28)31-13-20(9-5-8-19(30)29-20)16-6-3-2-4-7-16/h2-4,6-7,10-12,14H,5,8-9,13H2,1H3,(H,29,30)/t14?,20-/m1/s1. The molecule has 2 aromatic rings. The van der Waals surface area contributed by atoms with Gasteiger partial charge in [-0.3, -0.25) is 4.79 Å². The molecule has 1 aliphatic heterocycles. The van der Waals surface area contributed by atoms with Crippen LogP contribution in [-0.4, -0.2) is 12.5 Å². The normalized spacial score (nSPS) is 20.9.